The molecule has 3 rings (SSSR count). The van der Waals surface area contributed by atoms with Crippen molar-refractivity contribution >= 4 is 51.9 Å². The Morgan fingerprint density at radius 3 is 2.39 bits per heavy atom. The summed E-state index contributed by atoms with van der Waals surface area (Å²) in [6.45, 7) is 0. The fraction of sp³-hybridized carbons (Fsp3) is 0.263. The van der Waals surface area contributed by atoms with Crippen molar-refractivity contribution in [3.8, 4) is 0 Å². The van der Waals surface area contributed by atoms with Gasteiger partial charge in [-0.05, 0) is 60.1 Å². The third-order valence-electron chi connectivity index (χ3n) is 4.46. The van der Waals surface area contributed by atoms with Gasteiger partial charge >= 0.3 is 5.97 Å². The van der Waals surface area contributed by atoms with Crippen LogP contribution >= 0.6 is 34.4 Å². The molecule has 2 aromatic carbocycles. The highest BCUT2D eigenvalue weighted by Crippen LogP contribution is 2.39. The zero-order valence-electron chi connectivity index (χ0n) is 14.3. The van der Waals surface area contributed by atoms with E-state index in [0.29, 0.717) is 25.0 Å². The molecule has 0 radical (unpaired) electrons. The van der Waals surface area contributed by atoms with Gasteiger partial charge in [0.15, 0.2) is 17.5 Å². The number of carbonyl (C=O) groups excluding carboxylic acids is 1. The first-order valence-electron chi connectivity index (χ1n) is 8.39. The van der Waals surface area contributed by atoms with Crippen molar-refractivity contribution in [3.63, 3.8) is 0 Å². The quantitative estimate of drug-likeness (QED) is 0.414. The largest absolute Gasteiger partial charge is 0.481 e. The van der Waals surface area contributed by atoms with E-state index in [2.05, 4.69) is 27.9 Å². The molecule has 1 amide bonds. The molecule has 0 saturated heterocycles. The second-order valence-corrected chi connectivity index (χ2v) is 8.95. The highest BCUT2D eigenvalue weighted by atomic mass is 127. The second-order valence-electron chi connectivity index (χ2n) is 6.44. The van der Waals surface area contributed by atoms with E-state index in [1.54, 1.807) is 18.2 Å². The Labute approximate surface area is 177 Å². The van der Waals surface area contributed by atoms with Crippen LogP contribution in [0.25, 0.3) is 0 Å². The fourth-order valence-electron chi connectivity index (χ4n) is 3.02. The lowest BCUT2D eigenvalue weighted by Crippen LogP contribution is -2.13. The molecular weight excluding hydrogens is 506 g/mol. The van der Waals surface area contributed by atoms with Gasteiger partial charge in [-0.1, -0.05) is 0 Å². The number of hydrogen-bond donors (Lipinski definition) is 2. The summed E-state index contributed by atoms with van der Waals surface area (Å²) in [5, 5.41) is 11.6. The van der Waals surface area contributed by atoms with Gasteiger partial charge in [0, 0.05) is 37.1 Å². The molecule has 9 heteroatoms. The summed E-state index contributed by atoms with van der Waals surface area (Å²) in [6, 6.07) is 6.40. The van der Waals surface area contributed by atoms with Crippen molar-refractivity contribution in [2.75, 3.05) is 5.32 Å². The molecule has 0 aromatic heterocycles. The Bertz CT molecular complexity index is 918. The maximum atomic E-state index is 13.3. The van der Waals surface area contributed by atoms with Gasteiger partial charge in [-0.2, -0.15) is 0 Å². The monoisotopic (exact) mass is 521 g/mol. The highest BCUT2D eigenvalue weighted by molar-refractivity contribution is 14.1. The third kappa shape index (κ3) is 4.80. The average Bonchev–Trinajstić information content (AvgIpc) is 3.10. The van der Waals surface area contributed by atoms with E-state index in [1.165, 1.54) is 11.8 Å². The van der Waals surface area contributed by atoms with Crippen molar-refractivity contribution in [1.29, 1.82) is 0 Å². The van der Waals surface area contributed by atoms with Gasteiger partial charge < -0.3 is 10.4 Å². The Morgan fingerprint density at radius 2 is 1.79 bits per heavy atom. The molecule has 0 heterocycles. The van der Waals surface area contributed by atoms with Crippen LogP contribution in [0.15, 0.2) is 35.2 Å². The number of halogens is 4. The molecule has 2 unspecified atom stereocenters. The smallest absolute Gasteiger partial charge is 0.306 e. The molecule has 2 atom stereocenters. The molecular formula is C19H15F3INO3S. The van der Waals surface area contributed by atoms with E-state index in [0.717, 1.165) is 14.9 Å². The van der Waals surface area contributed by atoms with Gasteiger partial charge in [0.1, 0.15) is 0 Å². The minimum Gasteiger partial charge on any atom is -0.481 e. The number of carboxylic acids is 1. The van der Waals surface area contributed by atoms with Crippen LogP contribution in [0.3, 0.4) is 0 Å². The number of aliphatic carboxylic acids is 1. The van der Waals surface area contributed by atoms with Gasteiger partial charge in [-0.25, -0.2) is 13.2 Å². The predicted molar refractivity (Wildman–Crippen MR) is 108 cm³/mol. The van der Waals surface area contributed by atoms with Gasteiger partial charge in [0.05, 0.1) is 5.92 Å². The fourth-order valence-corrected chi connectivity index (χ4v) is 5.05. The second kappa shape index (κ2) is 8.73. The zero-order chi connectivity index (χ0) is 20.4. The minimum absolute atomic E-state index is 0.146. The van der Waals surface area contributed by atoms with Crippen LogP contribution in [0.2, 0.25) is 0 Å². The van der Waals surface area contributed by atoms with Gasteiger partial charge in [0.2, 0.25) is 0 Å². The van der Waals surface area contributed by atoms with Crippen LogP contribution in [-0.4, -0.2) is 22.2 Å². The third-order valence-corrected chi connectivity index (χ3v) is 7.12. The standard InChI is InChI=1S/C19H15F3INO3S/c20-13-7-11(8-14(21)17(13)22)24-18(25)9-2-4-15(23)16(6-9)28-12-3-1-10(5-12)19(26)27/h2,4,6-8,10,12H,1,3,5H2,(H,24,25)(H,26,27). The van der Waals surface area contributed by atoms with Gasteiger partial charge in [0.25, 0.3) is 5.91 Å². The van der Waals surface area contributed by atoms with E-state index in [9.17, 15) is 22.8 Å². The van der Waals surface area contributed by atoms with Crippen molar-refractivity contribution < 1.29 is 27.9 Å². The van der Waals surface area contributed by atoms with E-state index in [4.69, 9.17) is 5.11 Å². The summed E-state index contributed by atoms with van der Waals surface area (Å²) < 4.78 is 40.6. The van der Waals surface area contributed by atoms with Gasteiger partial charge in [-0.15, -0.1) is 11.8 Å². The van der Waals surface area contributed by atoms with Crippen molar-refractivity contribution in [2.45, 2.75) is 29.4 Å². The van der Waals surface area contributed by atoms with Crippen LogP contribution in [0, 0.1) is 26.9 Å². The Balaban J connectivity index is 1.74. The number of nitrogens with one attached hydrogen (secondary N) is 1. The molecule has 28 heavy (non-hydrogen) atoms. The molecule has 4 nitrogen and oxygen atoms in total. The number of benzene rings is 2. The number of hydrogen-bond acceptors (Lipinski definition) is 3. The molecule has 0 bridgehead atoms. The maximum Gasteiger partial charge on any atom is 0.306 e. The molecule has 2 aromatic rings. The Hall–Kier alpha value is -1.75. The summed E-state index contributed by atoms with van der Waals surface area (Å²) >= 11 is 3.66. The van der Waals surface area contributed by atoms with Crippen LogP contribution in [0.5, 0.6) is 0 Å². The van der Waals surface area contributed by atoms with E-state index in [-0.39, 0.29) is 22.4 Å². The normalized spacial score (nSPS) is 18.9. The first-order chi connectivity index (χ1) is 13.2. The molecule has 148 valence electrons. The van der Waals surface area contributed by atoms with E-state index in [1.807, 2.05) is 0 Å². The number of rotatable bonds is 5. The summed E-state index contributed by atoms with van der Waals surface area (Å²) in [5.74, 6) is -6.08. The lowest BCUT2D eigenvalue weighted by molar-refractivity contribution is -0.141. The highest BCUT2D eigenvalue weighted by Gasteiger charge is 2.30. The summed E-state index contributed by atoms with van der Waals surface area (Å²) in [4.78, 5) is 24.4. The predicted octanol–water partition coefficient (Wildman–Crippen LogP) is 5.31. The van der Waals surface area contributed by atoms with E-state index < -0.39 is 29.3 Å². The first kappa shape index (κ1) is 21.0. The molecule has 1 aliphatic rings. The number of carbonyl (C=O) groups is 2. The molecule has 1 saturated carbocycles. The molecule has 0 spiro atoms. The average molecular weight is 521 g/mol. The first-order valence-corrected chi connectivity index (χ1v) is 10.4. The lowest BCUT2D eigenvalue weighted by atomic mass is 10.1. The topological polar surface area (TPSA) is 66.4 Å². The lowest BCUT2D eigenvalue weighted by Gasteiger charge is -2.13. The Kier molecular flexibility index (Phi) is 6.54. The van der Waals surface area contributed by atoms with Crippen LogP contribution < -0.4 is 5.32 Å². The minimum atomic E-state index is -1.60. The van der Waals surface area contributed by atoms with Crippen molar-refractivity contribution in [3.05, 3.63) is 56.9 Å². The molecule has 2 N–H and O–H groups in total. The van der Waals surface area contributed by atoms with Crippen LogP contribution in [0.1, 0.15) is 29.6 Å². The van der Waals surface area contributed by atoms with E-state index >= 15 is 0 Å². The summed E-state index contributed by atoms with van der Waals surface area (Å²) in [6.07, 6.45) is 1.98. The molecule has 1 aliphatic carbocycles. The number of carboxylic acid groups (broad SMARTS) is 1. The SMILES string of the molecule is O=C(Nc1cc(F)c(F)c(F)c1)c1ccc(I)c(SC2CCC(C(=O)O)C2)c1. The van der Waals surface area contributed by atoms with Crippen molar-refractivity contribution in [2.24, 2.45) is 5.92 Å². The number of anilines is 1. The van der Waals surface area contributed by atoms with Gasteiger partial charge in [-0.3, -0.25) is 9.59 Å². The molecule has 1 fully saturated rings. The zero-order valence-corrected chi connectivity index (χ0v) is 17.3. The summed E-state index contributed by atoms with van der Waals surface area (Å²) in [5.41, 5.74) is 0.0927. The summed E-state index contributed by atoms with van der Waals surface area (Å²) in [7, 11) is 0. The number of thioether (sulfide) groups is 1. The van der Waals surface area contributed by atoms with Crippen LogP contribution in [-0.2, 0) is 4.79 Å². The number of amides is 1. The molecule has 0 aliphatic heterocycles. The van der Waals surface area contributed by atoms with Crippen molar-refractivity contribution in [1.82, 2.24) is 0 Å². The Morgan fingerprint density at radius 1 is 1.11 bits per heavy atom. The van der Waals surface area contributed by atoms with Crippen LogP contribution in [0.4, 0.5) is 18.9 Å². The maximum absolute atomic E-state index is 13.3.